The molecule has 0 radical (unpaired) electrons. The van der Waals surface area contributed by atoms with E-state index in [1.54, 1.807) is 14.5 Å². The summed E-state index contributed by atoms with van der Waals surface area (Å²) in [6, 6.07) is 22.3. The Morgan fingerprint density at radius 2 is 0.658 bits per heavy atom. The summed E-state index contributed by atoms with van der Waals surface area (Å²) in [5.74, 6) is 0. The molecule has 2 aromatic carbocycles. The van der Waals surface area contributed by atoms with Gasteiger partial charge in [0.1, 0.15) is 26.0 Å². The van der Waals surface area contributed by atoms with E-state index in [4.69, 9.17) is 0 Å². The fourth-order valence-electron chi connectivity index (χ4n) is 5.00. The Balaban J connectivity index is 2.24. The minimum absolute atomic E-state index is 0.0386. The number of nitrogens with one attached hydrogen (secondary N) is 4. The first-order chi connectivity index (χ1) is 17.2. The Hall–Kier alpha value is -0.686. The van der Waals surface area contributed by atoms with E-state index in [1.807, 2.05) is 0 Å². The highest BCUT2D eigenvalue weighted by Gasteiger charge is 2.50. The summed E-state index contributed by atoms with van der Waals surface area (Å²) in [5.41, 5.74) is 2.56. The van der Waals surface area contributed by atoms with Gasteiger partial charge in [0.15, 0.2) is 0 Å². The third-order valence-corrected chi connectivity index (χ3v) is 34.0. The monoisotopic (exact) mass is 584 g/mol. The summed E-state index contributed by atoms with van der Waals surface area (Å²) < 4.78 is 0. The molecule has 0 aromatic heterocycles. The Kier molecular flexibility index (Phi) is 9.46. The molecule has 0 fully saturated rings. The minimum Gasteiger partial charge on any atom is -0.290 e. The molecule has 0 aliphatic carbocycles. The Morgan fingerprint density at radius 3 is 0.868 bits per heavy atom. The fourth-order valence-corrected chi connectivity index (χ4v) is 32.9. The van der Waals surface area contributed by atoms with Crippen LogP contribution in [0.3, 0.4) is 0 Å². The van der Waals surface area contributed by atoms with Crippen LogP contribution in [0.15, 0.2) is 60.7 Å². The molecule has 0 spiro atoms. The van der Waals surface area contributed by atoms with Crippen LogP contribution in [-0.4, -0.2) is 37.6 Å². The average Bonchev–Trinajstić information content (AvgIpc) is 2.69. The van der Waals surface area contributed by atoms with Crippen LogP contribution in [0, 0.1) is 0 Å². The normalized spacial score (nSPS) is 16.4. The third kappa shape index (κ3) is 8.18. The van der Waals surface area contributed by atoms with E-state index in [0.29, 0.717) is 0 Å². The smallest absolute Gasteiger partial charge is 0.140 e. The van der Waals surface area contributed by atoms with Crippen LogP contribution in [0.1, 0.15) is 94.2 Å². The van der Waals surface area contributed by atoms with Crippen LogP contribution in [-0.2, 0) is 10.6 Å². The second-order valence-electron chi connectivity index (χ2n) is 14.6. The van der Waals surface area contributed by atoms with Crippen LogP contribution in [0.4, 0.5) is 0 Å². The average molecular weight is 585 g/mol. The summed E-state index contributed by atoms with van der Waals surface area (Å²) >= 11 is 0. The van der Waals surface area contributed by atoms with Crippen molar-refractivity contribution < 1.29 is 0 Å². The highest BCUT2D eigenvalue weighted by atomic mass is 31.8. The van der Waals surface area contributed by atoms with Crippen molar-refractivity contribution in [1.82, 2.24) is 21.3 Å². The van der Waals surface area contributed by atoms with Crippen molar-refractivity contribution >= 4 is 30.0 Å². The zero-order chi connectivity index (χ0) is 28.6. The number of hydrogen-bond acceptors (Lipinski definition) is 4. The van der Waals surface area contributed by atoms with Crippen molar-refractivity contribution in [3.05, 3.63) is 71.8 Å². The van der Waals surface area contributed by atoms with Crippen molar-refractivity contribution in [3.8, 4) is 0 Å². The molecule has 38 heavy (non-hydrogen) atoms. The van der Waals surface area contributed by atoms with Gasteiger partial charge in [-0.05, 0) is 94.2 Å². The van der Waals surface area contributed by atoms with E-state index < -0.39 is 15.4 Å². The first kappa shape index (κ1) is 31.8. The van der Waals surface area contributed by atoms with Crippen LogP contribution in [0.2, 0.25) is 0 Å². The molecule has 1 heterocycles. The lowest BCUT2D eigenvalue weighted by atomic mass is 10.0. The Morgan fingerprint density at radius 1 is 0.421 bits per heavy atom. The van der Waals surface area contributed by atoms with Gasteiger partial charge in [-0.15, -0.1) is 14.5 Å². The van der Waals surface area contributed by atoms with Crippen molar-refractivity contribution in [2.75, 3.05) is 0 Å². The van der Waals surface area contributed by atoms with Gasteiger partial charge in [-0.2, -0.15) is 0 Å². The largest absolute Gasteiger partial charge is 0.290 e. The molecule has 3 rings (SSSR count). The van der Waals surface area contributed by atoms with Gasteiger partial charge in [0.25, 0.3) is 0 Å². The second-order valence-corrected chi connectivity index (χ2v) is 30.7. The van der Waals surface area contributed by atoms with E-state index in [-0.39, 0.29) is 32.7 Å². The Bertz CT molecular complexity index is 1020. The number of benzene rings is 2. The molecule has 4 N–H and O–H groups in total. The van der Waals surface area contributed by atoms with Crippen LogP contribution in [0.5, 0.6) is 0 Å². The molecule has 8 heteroatoms. The molecule has 2 aromatic rings. The molecule has 0 saturated heterocycles. The molecule has 0 amide bonds. The predicted molar refractivity (Wildman–Crippen MR) is 173 cm³/mol. The lowest BCUT2D eigenvalue weighted by Crippen LogP contribution is -2.71. The molecule has 208 valence electrons. The third-order valence-electron chi connectivity index (χ3n) is 5.76. The summed E-state index contributed by atoms with van der Waals surface area (Å²) in [5, 5.41) is 16.1. The number of rotatable bonds is 8. The lowest BCUT2D eigenvalue weighted by molar-refractivity contribution is 0.226. The molecule has 1 aliphatic heterocycles. The first-order valence-electron chi connectivity index (χ1n) is 13.7. The lowest BCUT2D eigenvalue weighted by Gasteiger charge is -2.50. The van der Waals surface area contributed by atoms with Gasteiger partial charge in [-0.1, -0.05) is 60.7 Å². The van der Waals surface area contributed by atoms with Crippen LogP contribution in [0.25, 0.3) is 0 Å². The van der Waals surface area contributed by atoms with Gasteiger partial charge in [0.05, 0.1) is 0 Å². The quantitative estimate of drug-likeness (QED) is 0.151. The molecule has 0 atom stereocenters. The van der Waals surface area contributed by atoms with Crippen molar-refractivity contribution in [3.63, 3.8) is 0 Å². The summed E-state index contributed by atoms with van der Waals surface area (Å²) in [7, 11) is 1.38. The number of hydrogen-bond donors (Lipinski definition) is 4. The van der Waals surface area contributed by atoms with E-state index in [2.05, 4.69) is 165 Å². The molecular formula is C30H50N4P2Si2. The molecule has 4 nitrogen and oxygen atoms in total. The van der Waals surface area contributed by atoms with Gasteiger partial charge in [0.2, 0.25) is 0 Å². The maximum atomic E-state index is 4.15. The van der Waals surface area contributed by atoms with Gasteiger partial charge >= 0.3 is 0 Å². The minimum atomic E-state index is -0.924. The zero-order valence-corrected chi connectivity index (χ0v) is 29.5. The van der Waals surface area contributed by atoms with Crippen LogP contribution >= 0.6 is 14.5 Å². The van der Waals surface area contributed by atoms with Gasteiger partial charge in [-0.25, -0.2) is 0 Å². The van der Waals surface area contributed by atoms with Crippen LogP contribution < -0.4 is 21.3 Å². The topological polar surface area (TPSA) is 48.1 Å². The summed E-state index contributed by atoms with van der Waals surface area (Å²) in [6.45, 7) is 27.6. The van der Waals surface area contributed by atoms with E-state index in [1.165, 1.54) is 11.1 Å². The first-order valence-corrected chi connectivity index (χ1v) is 21.9. The molecule has 0 unspecified atom stereocenters. The van der Waals surface area contributed by atoms with Gasteiger partial charge < -0.3 is 0 Å². The van der Waals surface area contributed by atoms with E-state index in [9.17, 15) is 0 Å². The predicted octanol–water partition coefficient (Wildman–Crippen LogP) is 7.21. The van der Waals surface area contributed by atoms with Gasteiger partial charge in [0, 0.05) is 22.2 Å². The van der Waals surface area contributed by atoms with Crippen molar-refractivity contribution in [2.45, 2.75) is 116 Å². The summed E-state index contributed by atoms with van der Waals surface area (Å²) in [6.07, 6.45) is 0. The van der Waals surface area contributed by atoms with E-state index >= 15 is 0 Å². The van der Waals surface area contributed by atoms with E-state index in [0.717, 1.165) is 0 Å². The second kappa shape index (κ2) is 11.3. The standard InChI is InChI=1S/C30H50N4P2Si2/c1-25(2,3)31-29(32-26(4,5)6,23-19-15-13-16-20-23)37-35-38(36-37)30(33-27(7,8)9,34-28(10,11)12)24-21-17-14-18-22-24/h13-22,31-34H,1-12H3. The highest BCUT2D eigenvalue weighted by Crippen LogP contribution is 2.45. The molecule has 0 bridgehead atoms. The SMILES string of the molecule is CC(C)(C)NC(NC(C)(C)C)(c1ccccc1)[Si]1=P[Si](C(NC(C)(C)C)(NC(C)(C)C)c2ccccc2)=P1. The molecule has 1 aliphatic rings. The van der Waals surface area contributed by atoms with Crippen molar-refractivity contribution in [2.24, 2.45) is 0 Å². The zero-order valence-electron chi connectivity index (χ0n) is 25.7. The Labute approximate surface area is 238 Å². The highest BCUT2D eigenvalue weighted by molar-refractivity contribution is 8.21. The molecule has 0 saturated carbocycles. The van der Waals surface area contributed by atoms with Crippen molar-refractivity contribution in [1.29, 1.82) is 0 Å². The maximum absolute atomic E-state index is 4.15. The van der Waals surface area contributed by atoms with Gasteiger partial charge in [-0.3, -0.25) is 21.3 Å². The fraction of sp³-hybridized carbons (Fsp3) is 0.600. The molecular weight excluding hydrogens is 534 g/mol. The maximum Gasteiger partial charge on any atom is 0.140 e. The summed E-state index contributed by atoms with van der Waals surface area (Å²) in [4.78, 5) is 0.